The molecule has 0 spiro atoms. The fraction of sp³-hybridized carbons (Fsp3) is 0.200. The number of nitro groups is 1. The predicted molar refractivity (Wildman–Crippen MR) is 88.7 cm³/mol. The van der Waals surface area contributed by atoms with Gasteiger partial charge in [-0.1, -0.05) is 48.0 Å². The second-order valence-electron chi connectivity index (χ2n) is 4.65. The van der Waals surface area contributed by atoms with Crippen LogP contribution in [0.3, 0.4) is 0 Å². The van der Waals surface area contributed by atoms with Crippen LogP contribution < -0.4 is 0 Å². The highest BCUT2D eigenvalue weighted by Gasteiger charge is 2.52. The fourth-order valence-electron chi connectivity index (χ4n) is 2.26. The summed E-state index contributed by atoms with van der Waals surface area (Å²) in [4.78, 5) is 12.3. The van der Waals surface area contributed by atoms with Crippen LogP contribution in [0.25, 0.3) is 0 Å². The molecule has 0 bridgehead atoms. The molecule has 108 valence electrons. The topological polar surface area (TPSA) is 43.1 Å². The first-order valence-corrected chi connectivity index (χ1v) is 8.62. The summed E-state index contributed by atoms with van der Waals surface area (Å²) in [5.74, 6) is 0. The summed E-state index contributed by atoms with van der Waals surface area (Å²) in [6.45, 7) is 0. The van der Waals surface area contributed by atoms with Crippen LogP contribution in [-0.2, 0) is 0 Å². The lowest BCUT2D eigenvalue weighted by atomic mass is 10.1. The van der Waals surface area contributed by atoms with E-state index in [1.807, 2.05) is 48.5 Å². The molecule has 3 atom stereocenters. The van der Waals surface area contributed by atoms with E-state index in [-0.39, 0.29) is 14.8 Å². The van der Waals surface area contributed by atoms with E-state index in [0.29, 0.717) is 5.02 Å². The molecular weight excluding hydrogens is 326 g/mol. The average Bonchev–Trinajstić information content (AvgIpc) is 2.44. The van der Waals surface area contributed by atoms with Gasteiger partial charge in [0.05, 0.1) is 0 Å². The Morgan fingerprint density at radius 2 is 1.76 bits per heavy atom. The maximum absolute atomic E-state index is 11.4. The highest BCUT2D eigenvalue weighted by molar-refractivity contribution is 8.18. The van der Waals surface area contributed by atoms with Crippen LogP contribution in [0.1, 0.15) is 10.8 Å². The van der Waals surface area contributed by atoms with Gasteiger partial charge in [0.2, 0.25) is 6.04 Å². The molecule has 21 heavy (non-hydrogen) atoms. The van der Waals surface area contributed by atoms with E-state index >= 15 is 0 Å². The van der Waals surface area contributed by atoms with Gasteiger partial charge in [-0.2, -0.15) is 0 Å². The molecule has 2 aromatic rings. The molecule has 0 saturated carbocycles. The summed E-state index contributed by atoms with van der Waals surface area (Å²) in [5, 5.41) is 11.8. The normalized spacial score (nSPS) is 24.3. The van der Waals surface area contributed by atoms with E-state index < -0.39 is 6.04 Å². The van der Waals surface area contributed by atoms with Crippen LogP contribution in [0.4, 0.5) is 0 Å². The molecule has 0 N–H and O–H groups in total. The van der Waals surface area contributed by atoms with Gasteiger partial charge in [0.1, 0.15) is 9.83 Å². The molecule has 0 radical (unpaired) electrons. The van der Waals surface area contributed by atoms with Crippen molar-refractivity contribution in [2.24, 2.45) is 0 Å². The first kappa shape index (κ1) is 14.8. The zero-order valence-corrected chi connectivity index (χ0v) is 13.3. The molecule has 1 fully saturated rings. The minimum Gasteiger partial charge on any atom is -0.264 e. The lowest BCUT2D eigenvalue weighted by molar-refractivity contribution is -0.522. The summed E-state index contributed by atoms with van der Waals surface area (Å²) < 4.78 is -0.0799. The summed E-state index contributed by atoms with van der Waals surface area (Å²) in [7, 11) is 0. The molecule has 0 amide bonds. The number of rotatable bonds is 4. The summed E-state index contributed by atoms with van der Waals surface area (Å²) >= 11 is 9.33. The minimum atomic E-state index is -0.611. The Labute approximate surface area is 136 Å². The van der Waals surface area contributed by atoms with Crippen LogP contribution in [0.15, 0.2) is 59.5 Å². The predicted octanol–water partition coefficient (Wildman–Crippen LogP) is 4.89. The van der Waals surface area contributed by atoms with Crippen molar-refractivity contribution in [1.29, 1.82) is 0 Å². The van der Waals surface area contributed by atoms with Crippen LogP contribution in [0, 0.1) is 10.1 Å². The highest BCUT2D eigenvalue weighted by atomic mass is 35.5. The lowest BCUT2D eigenvalue weighted by Crippen LogP contribution is -2.43. The smallest absolute Gasteiger partial charge is 0.249 e. The largest absolute Gasteiger partial charge is 0.264 e. The van der Waals surface area contributed by atoms with Crippen molar-refractivity contribution < 1.29 is 4.92 Å². The fourth-order valence-corrected chi connectivity index (χ4v) is 5.78. The first-order valence-electron chi connectivity index (χ1n) is 6.42. The van der Waals surface area contributed by atoms with Crippen LogP contribution in [0.5, 0.6) is 0 Å². The van der Waals surface area contributed by atoms with Crippen molar-refractivity contribution in [3.05, 3.63) is 75.3 Å². The Bertz CT molecular complexity index is 653. The van der Waals surface area contributed by atoms with Crippen molar-refractivity contribution in [3.63, 3.8) is 0 Å². The Morgan fingerprint density at radius 1 is 1.10 bits per heavy atom. The molecule has 3 rings (SSSR count). The van der Waals surface area contributed by atoms with E-state index in [4.69, 9.17) is 11.6 Å². The zero-order chi connectivity index (χ0) is 14.8. The number of nitrogens with zero attached hydrogens (tertiary/aromatic N) is 1. The van der Waals surface area contributed by atoms with Crippen molar-refractivity contribution in [2.75, 3.05) is 0 Å². The number of hydrogen-bond donors (Lipinski definition) is 0. The molecular formula is C15H12ClNO2S2. The van der Waals surface area contributed by atoms with Gasteiger partial charge in [-0.05, 0) is 23.8 Å². The quantitative estimate of drug-likeness (QED) is 0.588. The zero-order valence-electron chi connectivity index (χ0n) is 10.9. The van der Waals surface area contributed by atoms with E-state index in [1.54, 1.807) is 29.6 Å². The maximum Gasteiger partial charge on any atom is 0.249 e. The lowest BCUT2D eigenvalue weighted by Gasteiger charge is -2.37. The molecule has 6 heteroatoms. The van der Waals surface area contributed by atoms with Gasteiger partial charge in [0.15, 0.2) is 0 Å². The number of thioether (sulfide) groups is 2. The Balaban J connectivity index is 1.78. The van der Waals surface area contributed by atoms with Gasteiger partial charge in [-0.3, -0.25) is 10.1 Å². The number of benzene rings is 2. The molecule has 0 aromatic heterocycles. The minimum absolute atomic E-state index is 0.0799. The molecule has 1 aliphatic heterocycles. The Kier molecular flexibility index (Phi) is 4.42. The average molecular weight is 338 g/mol. The molecule has 1 heterocycles. The third-order valence-corrected chi connectivity index (χ3v) is 6.72. The molecule has 1 aliphatic rings. The van der Waals surface area contributed by atoms with Gasteiger partial charge in [0.25, 0.3) is 0 Å². The van der Waals surface area contributed by atoms with Gasteiger partial charge in [-0.15, -0.1) is 23.5 Å². The Morgan fingerprint density at radius 3 is 2.43 bits per heavy atom. The van der Waals surface area contributed by atoms with Crippen LogP contribution in [0.2, 0.25) is 5.02 Å². The molecule has 2 aromatic carbocycles. The number of halogens is 1. The van der Waals surface area contributed by atoms with Crippen molar-refractivity contribution in [3.8, 4) is 0 Å². The van der Waals surface area contributed by atoms with E-state index in [0.717, 1.165) is 10.5 Å². The molecule has 0 aliphatic carbocycles. The van der Waals surface area contributed by atoms with Crippen molar-refractivity contribution in [1.82, 2.24) is 0 Å². The second-order valence-corrected chi connectivity index (χ2v) is 7.86. The first-order chi connectivity index (χ1) is 10.2. The standard InChI is InChI=1S/C15H12ClNO2S2/c16-12-9-5-4-8-11(12)14-13(17(18)19)15(21-14)20-10-6-2-1-3-7-10/h1-9,13-15H/t13-,14-,15-/m0/s1. The molecule has 3 nitrogen and oxygen atoms in total. The van der Waals surface area contributed by atoms with Gasteiger partial charge in [-0.25, -0.2) is 0 Å². The summed E-state index contributed by atoms with van der Waals surface area (Å²) in [6.07, 6.45) is 0. The van der Waals surface area contributed by atoms with Crippen molar-refractivity contribution in [2.45, 2.75) is 20.8 Å². The highest BCUT2D eigenvalue weighted by Crippen LogP contribution is 2.56. The Hall–Kier alpha value is -1.17. The van der Waals surface area contributed by atoms with Gasteiger partial charge >= 0.3 is 0 Å². The van der Waals surface area contributed by atoms with Gasteiger partial charge in [0, 0.05) is 14.8 Å². The summed E-state index contributed by atoms with van der Waals surface area (Å²) in [5.41, 5.74) is 0.857. The van der Waals surface area contributed by atoms with Crippen molar-refractivity contribution >= 4 is 35.1 Å². The molecule has 1 saturated heterocycles. The van der Waals surface area contributed by atoms with Gasteiger partial charge < -0.3 is 0 Å². The maximum atomic E-state index is 11.4. The van der Waals surface area contributed by atoms with E-state index in [9.17, 15) is 10.1 Å². The van der Waals surface area contributed by atoms with Crippen LogP contribution >= 0.6 is 35.1 Å². The molecule has 0 unspecified atom stereocenters. The van der Waals surface area contributed by atoms with Crippen LogP contribution in [-0.4, -0.2) is 15.5 Å². The van der Waals surface area contributed by atoms with E-state index in [1.165, 1.54) is 0 Å². The monoisotopic (exact) mass is 337 g/mol. The van der Waals surface area contributed by atoms with E-state index in [2.05, 4.69) is 0 Å². The SMILES string of the molecule is O=[N+]([O-])[C@@H]1[C@@H](Sc2ccccc2)S[C@H]1c1ccccc1Cl. The third kappa shape index (κ3) is 3.05. The summed E-state index contributed by atoms with van der Waals surface area (Å²) in [6, 6.07) is 16.5. The number of hydrogen-bond acceptors (Lipinski definition) is 4. The second kappa shape index (κ2) is 6.30. The third-order valence-electron chi connectivity index (χ3n) is 3.32.